The van der Waals surface area contributed by atoms with Crippen LogP contribution in [0.4, 0.5) is 4.39 Å². The van der Waals surface area contributed by atoms with E-state index in [4.69, 9.17) is 5.73 Å². The van der Waals surface area contributed by atoms with Crippen LogP contribution in [0.2, 0.25) is 0 Å². The molecule has 0 saturated carbocycles. The van der Waals surface area contributed by atoms with Crippen LogP contribution in [0.5, 0.6) is 0 Å². The summed E-state index contributed by atoms with van der Waals surface area (Å²) in [5, 5.41) is 0. The average Bonchev–Trinajstić information content (AvgIpc) is 2.18. The van der Waals surface area contributed by atoms with Crippen molar-refractivity contribution >= 4 is 0 Å². The number of nitrogens with two attached hydrogens (primary N) is 1. The van der Waals surface area contributed by atoms with Crippen LogP contribution >= 0.6 is 0 Å². The van der Waals surface area contributed by atoms with Crippen LogP contribution in [0.1, 0.15) is 37.8 Å². The topological polar surface area (TPSA) is 26.0 Å². The van der Waals surface area contributed by atoms with E-state index in [0.29, 0.717) is 6.54 Å². The van der Waals surface area contributed by atoms with Gasteiger partial charge in [-0.1, -0.05) is 45.0 Å². The number of rotatable bonds is 3. The highest BCUT2D eigenvalue weighted by molar-refractivity contribution is 5.26. The first-order valence-corrected chi connectivity index (χ1v) is 5.34. The Bertz CT molecular complexity index is 297. The minimum Gasteiger partial charge on any atom is -0.326 e. The van der Waals surface area contributed by atoms with E-state index >= 15 is 0 Å². The van der Waals surface area contributed by atoms with Crippen LogP contribution in [0.15, 0.2) is 24.3 Å². The standard InChI is InChI=1S/C13H20FN/c1-13(2,3)12(8-14)11-6-4-10(9-15)5-7-11/h4-7,12H,8-9,15H2,1-3H3. The van der Waals surface area contributed by atoms with Gasteiger partial charge in [0.15, 0.2) is 0 Å². The van der Waals surface area contributed by atoms with E-state index in [2.05, 4.69) is 20.8 Å². The number of hydrogen-bond donors (Lipinski definition) is 1. The maximum Gasteiger partial charge on any atom is 0.0967 e. The maximum absolute atomic E-state index is 13.0. The summed E-state index contributed by atoms with van der Waals surface area (Å²) >= 11 is 0. The molecule has 1 atom stereocenters. The van der Waals surface area contributed by atoms with Gasteiger partial charge >= 0.3 is 0 Å². The molecule has 1 aromatic carbocycles. The van der Waals surface area contributed by atoms with Crippen LogP contribution in [0.25, 0.3) is 0 Å². The van der Waals surface area contributed by atoms with Gasteiger partial charge in [-0.15, -0.1) is 0 Å². The zero-order valence-electron chi connectivity index (χ0n) is 9.76. The molecule has 2 N–H and O–H groups in total. The molecule has 0 aromatic heterocycles. The van der Waals surface area contributed by atoms with Crippen molar-refractivity contribution < 1.29 is 4.39 Å². The fraction of sp³-hybridized carbons (Fsp3) is 0.538. The first kappa shape index (κ1) is 12.2. The second-order valence-corrected chi connectivity index (χ2v) is 5.02. The molecule has 0 fully saturated rings. The second-order valence-electron chi connectivity index (χ2n) is 5.02. The van der Waals surface area contributed by atoms with E-state index in [0.717, 1.165) is 11.1 Å². The Morgan fingerprint density at radius 2 is 1.73 bits per heavy atom. The third-order valence-corrected chi connectivity index (χ3v) is 2.82. The molecular formula is C13H20FN. The van der Waals surface area contributed by atoms with Crippen molar-refractivity contribution in [2.45, 2.75) is 33.2 Å². The van der Waals surface area contributed by atoms with Gasteiger partial charge in [0.2, 0.25) is 0 Å². The lowest BCUT2D eigenvalue weighted by Gasteiger charge is -2.28. The molecule has 1 aromatic rings. The summed E-state index contributed by atoms with van der Waals surface area (Å²) in [6.07, 6.45) is 0. The van der Waals surface area contributed by atoms with E-state index < -0.39 is 0 Å². The molecule has 1 rings (SSSR count). The van der Waals surface area contributed by atoms with Crippen LogP contribution < -0.4 is 5.73 Å². The lowest BCUT2D eigenvalue weighted by molar-refractivity contribution is 0.262. The minimum atomic E-state index is -0.314. The van der Waals surface area contributed by atoms with Crippen LogP contribution in [0, 0.1) is 5.41 Å². The predicted molar refractivity (Wildman–Crippen MR) is 62.5 cm³/mol. The fourth-order valence-electron chi connectivity index (χ4n) is 1.71. The number of benzene rings is 1. The summed E-state index contributed by atoms with van der Waals surface area (Å²) in [5.74, 6) is -0.0377. The number of hydrogen-bond acceptors (Lipinski definition) is 1. The van der Waals surface area contributed by atoms with Crippen molar-refractivity contribution in [3.05, 3.63) is 35.4 Å². The van der Waals surface area contributed by atoms with Crippen molar-refractivity contribution in [1.29, 1.82) is 0 Å². The van der Waals surface area contributed by atoms with Crippen LogP contribution in [-0.4, -0.2) is 6.67 Å². The lowest BCUT2D eigenvalue weighted by atomic mass is 9.77. The second kappa shape index (κ2) is 4.75. The van der Waals surface area contributed by atoms with E-state index in [1.165, 1.54) is 0 Å². The molecule has 0 radical (unpaired) electrons. The Kier molecular flexibility index (Phi) is 3.86. The molecule has 84 valence electrons. The highest BCUT2D eigenvalue weighted by atomic mass is 19.1. The summed E-state index contributed by atoms with van der Waals surface area (Å²) < 4.78 is 13.0. The van der Waals surface area contributed by atoms with Crippen molar-refractivity contribution in [3.63, 3.8) is 0 Å². The molecule has 0 heterocycles. The smallest absolute Gasteiger partial charge is 0.0967 e. The normalized spacial score (nSPS) is 13.9. The SMILES string of the molecule is CC(C)(C)C(CF)c1ccc(CN)cc1. The molecule has 1 nitrogen and oxygen atoms in total. The molecular weight excluding hydrogens is 189 g/mol. The Morgan fingerprint density at radius 3 is 2.07 bits per heavy atom. The molecule has 0 aliphatic rings. The van der Waals surface area contributed by atoms with E-state index in [9.17, 15) is 4.39 Å². The Morgan fingerprint density at radius 1 is 1.20 bits per heavy atom. The summed E-state index contributed by atoms with van der Waals surface area (Å²) in [5.41, 5.74) is 7.62. The van der Waals surface area contributed by atoms with Crippen molar-refractivity contribution in [2.24, 2.45) is 11.1 Å². The van der Waals surface area contributed by atoms with Gasteiger partial charge in [-0.3, -0.25) is 4.39 Å². The zero-order valence-corrected chi connectivity index (χ0v) is 9.76. The molecule has 0 spiro atoms. The third-order valence-electron chi connectivity index (χ3n) is 2.82. The largest absolute Gasteiger partial charge is 0.326 e. The first-order chi connectivity index (χ1) is 6.99. The van der Waals surface area contributed by atoms with Crippen molar-refractivity contribution in [1.82, 2.24) is 0 Å². The van der Waals surface area contributed by atoms with Crippen molar-refractivity contribution in [2.75, 3.05) is 6.67 Å². The first-order valence-electron chi connectivity index (χ1n) is 5.34. The van der Waals surface area contributed by atoms with Gasteiger partial charge in [0.1, 0.15) is 0 Å². The Hall–Kier alpha value is -0.890. The van der Waals surface area contributed by atoms with E-state index in [-0.39, 0.29) is 18.0 Å². The minimum absolute atomic E-state index is 0.0377. The van der Waals surface area contributed by atoms with Crippen LogP contribution in [-0.2, 0) is 6.54 Å². The van der Waals surface area contributed by atoms with Gasteiger partial charge in [0.25, 0.3) is 0 Å². The fourth-order valence-corrected chi connectivity index (χ4v) is 1.71. The quantitative estimate of drug-likeness (QED) is 0.812. The van der Waals surface area contributed by atoms with Gasteiger partial charge in [0.05, 0.1) is 6.67 Å². The zero-order chi connectivity index (χ0) is 11.5. The lowest BCUT2D eigenvalue weighted by Crippen LogP contribution is -2.20. The van der Waals surface area contributed by atoms with Gasteiger partial charge in [-0.2, -0.15) is 0 Å². The molecule has 0 aliphatic heterocycles. The van der Waals surface area contributed by atoms with E-state index in [1.54, 1.807) is 0 Å². The Balaban J connectivity index is 2.93. The molecule has 0 amide bonds. The molecule has 0 saturated heterocycles. The molecule has 2 heteroatoms. The van der Waals surface area contributed by atoms with Gasteiger partial charge in [0, 0.05) is 12.5 Å². The summed E-state index contributed by atoms with van der Waals surface area (Å²) in [6.45, 7) is 6.41. The highest BCUT2D eigenvalue weighted by Gasteiger charge is 2.25. The predicted octanol–water partition coefficient (Wildman–Crippen LogP) is 3.24. The third kappa shape index (κ3) is 3.03. The Labute approximate surface area is 91.5 Å². The molecule has 0 aliphatic carbocycles. The number of alkyl halides is 1. The summed E-state index contributed by atoms with van der Waals surface area (Å²) in [4.78, 5) is 0. The van der Waals surface area contributed by atoms with Gasteiger partial charge in [-0.25, -0.2) is 0 Å². The van der Waals surface area contributed by atoms with Gasteiger partial charge < -0.3 is 5.73 Å². The highest BCUT2D eigenvalue weighted by Crippen LogP contribution is 2.35. The van der Waals surface area contributed by atoms with Gasteiger partial charge in [-0.05, 0) is 16.5 Å². The maximum atomic E-state index is 13.0. The molecule has 15 heavy (non-hydrogen) atoms. The van der Waals surface area contributed by atoms with E-state index in [1.807, 2.05) is 24.3 Å². The van der Waals surface area contributed by atoms with Crippen LogP contribution in [0.3, 0.4) is 0 Å². The average molecular weight is 209 g/mol. The summed E-state index contributed by atoms with van der Waals surface area (Å²) in [7, 11) is 0. The number of halogens is 1. The molecule has 0 bridgehead atoms. The van der Waals surface area contributed by atoms with Crippen molar-refractivity contribution in [3.8, 4) is 0 Å². The monoisotopic (exact) mass is 209 g/mol. The molecule has 1 unspecified atom stereocenters. The summed E-state index contributed by atoms with van der Waals surface area (Å²) in [6, 6.07) is 7.92.